The van der Waals surface area contributed by atoms with Crippen molar-refractivity contribution in [1.82, 2.24) is 0 Å². The number of rotatable bonds is 3. The van der Waals surface area contributed by atoms with Gasteiger partial charge in [0.1, 0.15) is 0 Å². The molecule has 0 aliphatic heterocycles. The molecule has 0 N–H and O–H groups in total. The van der Waals surface area contributed by atoms with Crippen LogP contribution in [0.1, 0.15) is 22.3 Å². The van der Waals surface area contributed by atoms with Gasteiger partial charge in [-0.2, -0.15) is 0 Å². The number of non-ortho nitro benzene ring substituents is 1. The van der Waals surface area contributed by atoms with Crippen LogP contribution in [0.4, 0.5) is 5.69 Å². The Morgan fingerprint density at radius 3 is 2.38 bits per heavy atom. The van der Waals surface area contributed by atoms with Crippen molar-refractivity contribution in [2.75, 3.05) is 0 Å². The lowest BCUT2D eigenvalue weighted by molar-refractivity contribution is -0.384. The molecule has 0 unspecified atom stereocenters. The first-order valence-corrected chi connectivity index (χ1v) is 6.88. The fourth-order valence-corrected chi connectivity index (χ4v) is 2.47. The van der Waals surface area contributed by atoms with Gasteiger partial charge in [0, 0.05) is 17.5 Å². The summed E-state index contributed by atoms with van der Waals surface area (Å²) in [5.74, 6) is 0. The van der Waals surface area contributed by atoms with Crippen molar-refractivity contribution in [2.45, 2.75) is 0 Å². The second-order valence-corrected chi connectivity index (χ2v) is 4.98. The summed E-state index contributed by atoms with van der Waals surface area (Å²) >= 11 is 4.88. The fraction of sp³-hybridized carbons (Fsp3) is 0. The van der Waals surface area contributed by atoms with Gasteiger partial charge in [-0.1, -0.05) is 48.6 Å². The van der Waals surface area contributed by atoms with Crippen LogP contribution in [0, 0.1) is 10.1 Å². The highest BCUT2D eigenvalue weighted by Crippen LogP contribution is 2.33. The molecule has 1 aliphatic carbocycles. The first kappa shape index (κ1) is 13.4. The molecule has 3 rings (SSSR count). The minimum Gasteiger partial charge on any atom is -0.258 e. The SMILES string of the molecule is O=[N+]([O-])c1ccc2c(c1)C=C/C2=C\c1ccc(C=S)cc1. The summed E-state index contributed by atoms with van der Waals surface area (Å²) in [6, 6.07) is 12.9. The van der Waals surface area contributed by atoms with Crippen LogP contribution in [-0.4, -0.2) is 10.3 Å². The maximum Gasteiger partial charge on any atom is 0.270 e. The number of thiocarbonyl (C=S) groups is 1. The number of allylic oxidation sites excluding steroid dienone is 2. The van der Waals surface area contributed by atoms with Gasteiger partial charge in [0.2, 0.25) is 0 Å². The third-order valence-electron chi connectivity index (χ3n) is 3.39. The molecular formula is C17H11NO2S. The Bertz CT molecular complexity index is 789. The Balaban J connectivity index is 1.96. The van der Waals surface area contributed by atoms with Crippen LogP contribution < -0.4 is 0 Å². The first-order valence-electron chi connectivity index (χ1n) is 6.41. The zero-order chi connectivity index (χ0) is 14.8. The lowest BCUT2D eigenvalue weighted by Gasteiger charge is -2.02. The molecule has 0 aromatic heterocycles. The molecule has 0 heterocycles. The van der Waals surface area contributed by atoms with Gasteiger partial charge >= 0.3 is 0 Å². The molecule has 0 saturated carbocycles. The van der Waals surface area contributed by atoms with Crippen molar-refractivity contribution in [3.8, 4) is 0 Å². The molecule has 0 radical (unpaired) electrons. The van der Waals surface area contributed by atoms with Crippen LogP contribution in [0.3, 0.4) is 0 Å². The van der Waals surface area contributed by atoms with Crippen LogP contribution in [0.5, 0.6) is 0 Å². The Morgan fingerprint density at radius 1 is 1.00 bits per heavy atom. The normalized spacial score (nSPS) is 14.2. The van der Waals surface area contributed by atoms with E-state index in [-0.39, 0.29) is 10.6 Å². The average molecular weight is 293 g/mol. The minimum absolute atomic E-state index is 0.116. The Morgan fingerprint density at radius 2 is 1.71 bits per heavy atom. The Kier molecular flexibility index (Phi) is 3.46. The van der Waals surface area contributed by atoms with Crippen LogP contribution in [0.25, 0.3) is 17.7 Å². The molecular weight excluding hydrogens is 282 g/mol. The zero-order valence-corrected chi connectivity index (χ0v) is 11.8. The molecule has 21 heavy (non-hydrogen) atoms. The van der Waals surface area contributed by atoms with Crippen LogP contribution in [-0.2, 0) is 0 Å². The zero-order valence-electron chi connectivity index (χ0n) is 11.0. The molecule has 3 nitrogen and oxygen atoms in total. The second-order valence-electron chi connectivity index (χ2n) is 4.75. The topological polar surface area (TPSA) is 43.1 Å². The molecule has 4 heteroatoms. The molecule has 0 saturated heterocycles. The summed E-state index contributed by atoms with van der Waals surface area (Å²) in [6.45, 7) is 0. The largest absolute Gasteiger partial charge is 0.270 e. The lowest BCUT2D eigenvalue weighted by Crippen LogP contribution is -1.89. The van der Waals surface area contributed by atoms with E-state index in [4.69, 9.17) is 12.2 Å². The molecule has 102 valence electrons. The highest BCUT2D eigenvalue weighted by Gasteiger charge is 2.14. The van der Waals surface area contributed by atoms with Gasteiger partial charge < -0.3 is 0 Å². The quantitative estimate of drug-likeness (QED) is 0.475. The van der Waals surface area contributed by atoms with Crippen molar-refractivity contribution in [3.63, 3.8) is 0 Å². The Labute approximate surface area is 127 Å². The molecule has 0 atom stereocenters. The lowest BCUT2D eigenvalue weighted by atomic mass is 10.0. The number of nitro benzene ring substituents is 1. The van der Waals surface area contributed by atoms with E-state index >= 15 is 0 Å². The summed E-state index contributed by atoms with van der Waals surface area (Å²) in [6.07, 6.45) is 5.93. The summed E-state index contributed by atoms with van der Waals surface area (Å²) in [4.78, 5) is 10.4. The van der Waals surface area contributed by atoms with Crippen LogP contribution >= 0.6 is 12.2 Å². The number of nitro groups is 1. The van der Waals surface area contributed by atoms with Gasteiger partial charge in [0.25, 0.3) is 5.69 Å². The van der Waals surface area contributed by atoms with E-state index in [9.17, 15) is 10.1 Å². The second kappa shape index (κ2) is 5.42. The van der Waals surface area contributed by atoms with Gasteiger partial charge in [0.15, 0.2) is 0 Å². The van der Waals surface area contributed by atoms with Crippen molar-refractivity contribution >= 4 is 41.0 Å². The minimum atomic E-state index is -0.375. The van der Waals surface area contributed by atoms with Crippen LogP contribution in [0.2, 0.25) is 0 Å². The number of benzene rings is 2. The molecule has 0 amide bonds. The third-order valence-corrected chi connectivity index (χ3v) is 3.67. The smallest absolute Gasteiger partial charge is 0.258 e. The van der Waals surface area contributed by atoms with Gasteiger partial charge in [-0.3, -0.25) is 10.1 Å². The van der Waals surface area contributed by atoms with E-state index in [1.54, 1.807) is 17.5 Å². The molecule has 0 spiro atoms. The highest BCUT2D eigenvalue weighted by atomic mass is 32.1. The number of hydrogen-bond acceptors (Lipinski definition) is 3. The van der Waals surface area contributed by atoms with E-state index in [2.05, 4.69) is 6.08 Å². The Hall–Kier alpha value is -2.59. The van der Waals surface area contributed by atoms with Gasteiger partial charge in [-0.25, -0.2) is 0 Å². The average Bonchev–Trinajstić information content (AvgIpc) is 2.90. The fourth-order valence-electron chi connectivity index (χ4n) is 2.31. The number of hydrogen-bond donors (Lipinski definition) is 0. The maximum absolute atomic E-state index is 10.8. The summed E-state index contributed by atoms with van der Waals surface area (Å²) in [5, 5.41) is 12.4. The van der Waals surface area contributed by atoms with E-state index in [1.807, 2.05) is 36.4 Å². The number of fused-ring (bicyclic) bond motifs is 1. The molecule has 1 aliphatic rings. The third kappa shape index (κ3) is 2.66. The highest BCUT2D eigenvalue weighted by molar-refractivity contribution is 7.79. The van der Waals surface area contributed by atoms with Crippen molar-refractivity contribution < 1.29 is 4.92 Å². The van der Waals surface area contributed by atoms with E-state index in [0.717, 1.165) is 27.8 Å². The van der Waals surface area contributed by atoms with Gasteiger partial charge in [-0.05, 0) is 40.0 Å². The van der Waals surface area contributed by atoms with E-state index < -0.39 is 0 Å². The summed E-state index contributed by atoms with van der Waals surface area (Å²) in [7, 11) is 0. The van der Waals surface area contributed by atoms with Gasteiger partial charge in [0.05, 0.1) is 4.92 Å². The van der Waals surface area contributed by atoms with E-state index in [0.29, 0.717) is 0 Å². The van der Waals surface area contributed by atoms with Crippen molar-refractivity contribution in [2.24, 2.45) is 0 Å². The maximum atomic E-state index is 10.8. The standard InChI is InChI=1S/C17H11NO2S/c19-18(20)16-7-8-17-14(5-6-15(17)10-16)9-12-1-3-13(11-21)4-2-12/h1-11H/b14-9+. The monoisotopic (exact) mass is 293 g/mol. The molecule has 0 bridgehead atoms. The molecule has 2 aromatic rings. The summed E-state index contributed by atoms with van der Waals surface area (Å²) in [5.41, 5.74) is 5.14. The predicted octanol–water partition coefficient (Wildman–Crippen LogP) is 4.51. The van der Waals surface area contributed by atoms with Gasteiger partial charge in [-0.15, -0.1) is 0 Å². The van der Waals surface area contributed by atoms with Crippen molar-refractivity contribution in [3.05, 3.63) is 80.9 Å². The van der Waals surface area contributed by atoms with E-state index in [1.165, 1.54) is 6.07 Å². The molecule has 2 aromatic carbocycles. The molecule has 0 fully saturated rings. The van der Waals surface area contributed by atoms with Crippen molar-refractivity contribution in [1.29, 1.82) is 0 Å². The number of nitrogens with zero attached hydrogens (tertiary/aromatic N) is 1. The summed E-state index contributed by atoms with van der Waals surface area (Å²) < 4.78 is 0. The van der Waals surface area contributed by atoms with Crippen LogP contribution in [0.15, 0.2) is 48.5 Å². The predicted molar refractivity (Wildman–Crippen MR) is 89.2 cm³/mol. The first-order chi connectivity index (χ1) is 10.2.